The lowest BCUT2D eigenvalue weighted by Crippen LogP contribution is -2.40. The molecule has 0 bridgehead atoms. The number of hydrogen-bond acceptors (Lipinski definition) is 4. The first-order chi connectivity index (χ1) is 18.6. The van der Waals surface area contributed by atoms with Gasteiger partial charge in [0.2, 0.25) is 5.91 Å². The van der Waals surface area contributed by atoms with Gasteiger partial charge in [-0.1, -0.05) is 38.1 Å². The van der Waals surface area contributed by atoms with Crippen LogP contribution in [0.4, 0.5) is 13.2 Å². The monoisotopic (exact) mass is 541 g/mol. The summed E-state index contributed by atoms with van der Waals surface area (Å²) in [6.07, 6.45) is -3.02. The molecule has 0 unspecified atom stereocenters. The van der Waals surface area contributed by atoms with E-state index >= 15 is 0 Å². The van der Waals surface area contributed by atoms with Crippen molar-refractivity contribution in [3.05, 3.63) is 83.2 Å². The van der Waals surface area contributed by atoms with Crippen LogP contribution in [0.25, 0.3) is 5.69 Å². The van der Waals surface area contributed by atoms with E-state index < -0.39 is 17.6 Å². The van der Waals surface area contributed by atoms with Crippen LogP contribution in [0.1, 0.15) is 47.6 Å². The summed E-state index contributed by atoms with van der Waals surface area (Å²) in [5.41, 5.74) is 2.00. The van der Waals surface area contributed by atoms with Gasteiger partial charge < -0.3 is 10.2 Å². The van der Waals surface area contributed by atoms with Gasteiger partial charge in [-0.25, -0.2) is 4.68 Å². The molecule has 2 amide bonds. The molecule has 1 saturated heterocycles. The van der Waals surface area contributed by atoms with E-state index in [1.165, 1.54) is 12.1 Å². The molecule has 0 aliphatic carbocycles. The molecule has 1 aliphatic rings. The van der Waals surface area contributed by atoms with E-state index in [1.54, 1.807) is 4.90 Å². The van der Waals surface area contributed by atoms with Gasteiger partial charge >= 0.3 is 6.18 Å². The van der Waals surface area contributed by atoms with Crippen molar-refractivity contribution in [3.8, 4) is 5.69 Å². The first kappa shape index (κ1) is 28.4. The van der Waals surface area contributed by atoms with Crippen LogP contribution in [0, 0.1) is 5.92 Å². The Labute approximate surface area is 226 Å². The molecule has 1 aromatic heterocycles. The van der Waals surface area contributed by atoms with Crippen LogP contribution in [0.15, 0.2) is 60.7 Å². The van der Waals surface area contributed by atoms with E-state index in [9.17, 15) is 22.8 Å². The fourth-order valence-corrected chi connectivity index (χ4v) is 4.71. The van der Waals surface area contributed by atoms with Crippen molar-refractivity contribution < 1.29 is 22.8 Å². The van der Waals surface area contributed by atoms with E-state index in [2.05, 4.69) is 19.2 Å². The highest BCUT2D eigenvalue weighted by Crippen LogP contribution is 2.30. The topological polar surface area (TPSA) is 70.5 Å². The summed E-state index contributed by atoms with van der Waals surface area (Å²) in [5, 5.41) is 7.67. The van der Waals surface area contributed by atoms with Gasteiger partial charge in [-0.05, 0) is 55.2 Å². The molecule has 7 nitrogen and oxygen atoms in total. The molecule has 0 radical (unpaired) electrons. The first-order valence-corrected chi connectivity index (χ1v) is 13.2. The van der Waals surface area contributed by atoms with Crippen LogP contribution in [0.2, 0.25) is 0 Å². The second-order valence-corrected chi connectivity index (χ2v) is 10.2. The molecule has 0 atom stereocenters. The first-order valence-electron chi connectivity index (χ1n) is 13.2. The molecule has 1 fully saturated rings. The molecular weight excluding hydrogens is 507 g/mol. The average Bonchev–Trinajstić information content (AvgIpc) is 3.15. The van der Waals surface area contributed by atoms with Crippen molar-refractivity contribution in [1.82, 2.24) is 24.9 Å². The summed E-state index contributed by atoms with van der Waals surface area (Å²) in [6, 6.07) is 16.4. The predicted molar refractivity (Wildman–Crippen MR) is 142 cm³/mol. The lowest BCUT2D eigenvalue weighted by atomic mass is 10.1. The van der Waals surface area contributed by atoms with Crippen LogP contribution < -0.4 is 5.32 Å². The number of alkyl halides is 3. The number of aromatic nitrogens is 2. The van der Waals surface area contributed by atoms with Gasteiger partial charge in [0.25, 0.3) is 5.91 Å². The Hall–Kier alpha value is -3.66. The fraction of sp³-hybridized carbons (Fsp3) is 0.414. The Morgan fingerprint density at radius 2 is 1.74 bits per heavy atom. The van der Waals surface area contributed by atoms with Crippen LogP contribution >= 0.6 is 0 Å². The molecular formula is C29H34F3N5O2. The maximum Gasteiger partial charge on any atom is 0.416 e. The van der Waals surface area contributed by atoms with Crippen molar-refractivity contribution >= 4 is 11.8 Å². The van der Waals surface area contributed by atoms with E-state index in [4.69, 9.17) is 5.10 Å². The van der Waals surface area contributed by atoms with Crippen molar-refractivity contribution in [1.29, 1.82) is 0 Å². The van der Waals surface area contributed by atoms with Crippen LogP contribution in [0.5, 0.6) is 0 Å². The van der Waals surface area contributed by atoms with Gasteiger partial charge in [-0.2, -0.15) is 18.3 Å². The largest absolute Gasteiger partial charge is 0.416 e. The summed E-state index contributed by atoms with van der Waals surface area (Å²) < 4.78 is 41.1. The fourth-order valence-electron chi connectivity index (χ4n) is 4.71. The lowest BCUT2D eigenvalue weighted by molar-refractivity contribution is -0.137. The second-order valence-electron chi connectivity index (χ2n) is 10.2. The Morgan fingerprint density at radius 1 is 0.974 bits per heavy atom. The summed E-state index contributed by atoms with van der Waals surface area (Å²) in [7, 11) is 0. The number of nitrogens with one attached hydrogen (secondary N) is 1. The Balaban J connectivity index is 1.31. The SMILES string of the molecule is CC(C)Cc1cc(CNC(=O)CN2CCCN(C(=O)c3cccc(C(F)(F)F)c3)CC2)nn1-c1ccccc1. The zero-order valence-corrected chi connectivity index (χ0v) is 22.2. The van der Waals surface area contributed by atoms with Gasteiger partial charge in [0, 0.05) is 37.4 Å². The third-order valence-corrected chi connectivity index (χ3v) is 6.60. The third kappa shape index (κ3) is 7.69. The summed E-state index contributed by atoms with van der Waals surface area (Å²) in [4.78, 5) is 29.1. The number of carbonyl (C=O) groups excluding carboxylic acids is 2. The number of benzene rings is 2. The zero-order valence-electron chi connectivity index (χ0n) is 22.2. The molecule has 4 rings (SSSR count). The number of halogens is 3. The zero-order chi connectivity index (χ0) is 28.0. The maximum absolute atomic E-state index is 13.1. The van der Waals surface area contributed by atoms with E-state index in [0.29, 0.717) is 45.1 Å². The summed E-state index contributed by atoms with van der Waals surface area (Å²) in [6.45, 7) is 6.60. The van der Waals surface area contributed by atoms with Crippen molar-refractivity contribution in [3.63, 3.8) is 0 Å². The van der Waals surface area contributed by atoms with Crippen LogP contribution in [0.3, 0.4) is 0 Å². The van der Waals surface area contributed by atoms with E-state index in [0.717, 1.165) is 35.6 Å². The van der Waals surface area contributed by atoms with Gasteiger partial charge in [0.15, 0.2) is 0 Å². The van der Waals surface area contributed by atoms with Gasteiger partial charge in [0.1, 0.15) is 0 Å². The summed E-state index contributed by atoms with van der Waals surface area (Å²) in [5.74, 6) is -0.124. The molecule has 10 heteroatoms. The average molecular weight is 542 g/mol. The minimum atomic E-state index is -4.51. The van der Waals surface area contributed by atoms with Crippen molar-refractivity contribution in [2.75, 3.05) is 32.7 Å². The predicted octanol–water partition coefficient (Wildman–Crippen LogP) is 4.55. The van der Waals surface area contributed by atoms with E-state index in [-0.39, 0.29) is 18.0 Å². The quantitative estimate of drug-likeness (QED) is 0.454. The Morgan fingerprint density at radius 3 is 2.46 bits per heavy atom. The minimum absolute atomic E-state index is 0.0165. The number of amides is 2. The Bertz CT molecular complexity index is 1270. The highest BCUT2D eigenvalue weighted by atomic mass is 19.4. The maximum atomic E-state index is 13.1. The molecule has 208 valence electrons. The molecule has 2 aromatic carbocycles. The molecule has 2 heterocycles. The molecule has 3 aromatic rings. The molecule has 0 spiro atoms. The highest BCUT2D eigenvalue weighted by Gasteiger charge is 2.31. The summed E-state index contributed by atoms with van der Waals surface area (Å²) >= 11 is 0. The van der Waals surface area contributed by atoms with Crippen LogP contribution in [-0.2, 0) is 23.9 Å². The number of para-hydroxylation sites is 1. The number of rotatable bonds is 8. The molecule has 1 N–H and O–H groups in total. The highest BCUT2D eigenvalue weighted by molar-refractivity contribution is 5.94. The molecule has 1 aliphatic heterocycles. The number of hydrogen-bond donors (Lipinski definition) is 1. The third-order valence-electron chi connectivity index (χ3n) is 6.60. The van der Waals surface area contributed by atoms with Crippen molar-refractivity contribution in [2.24, 2.45) is 5.92 Å². The Kier molecular flexibility index (Phi) is 9.06. The van der Waals surface area contributed by atoms with Gasteiger partial charge in [-0.3, -0.25) is 14.5 Å². The second kappa shape index (κ2) is 12.5. The van der Waals surface area contributed by atoms with E-state index in [1.807, 2.05) is 46.0 Å². The number of nitrogens with zero attached hydrogens (tertiary/aromatic N) is 4. The number of carbonyl (C=O) groups is 2. The minimum Gasteiger partial charge on any atom is -0.349 e. The smallest absolute Gasteiger partial charge is 0.349 e. The molecule has 0 saturated carbocycles. The normalized spacial score (nSPS) is 14.9. The lowest BCUT2D eigenvalue weighted by Gasteiger charge is -2.22. The van der Waals surface area contributed by atoms with Gasteiger partial charge in [0.05, 0.1) is 30.0 Å². The van der Waals surface area contributed by atoms with Gasteiger partial charge in [-0.15, -0.1) is 0 Å². The van der Waals surface area contributed by atoms with Crippen LogP contribution in [-0.4, -0.2) is 64.1 Å². The van der Waals surface area contributed by atoms with Crippen molar-refractivity contribution in [2.45, 2.75) is 39.4 Å². The molecule has 39 heavy (non-hydrogen) atoms. The standard InChI is InChI=1S/C29H34F3N5O2/c1-21(2)16-26-18-24(34-37(26)25-10-4-3-5-11-25)19-33-27(38)20-35-12-7-13-36(15-14-35)28(39)22-8-6-9-23(17-22)29(30,31)32/h3-6,8-11,17-18,21H,7,12-16,19-20H2,1-2H3,(H,33,38).